The third-order valence-electron chi connectivity index (χ3n) is 9.99. The summed E-state index contributed by atoms with van der Waals surface area (Å²) < 4.78 is 0. The predicted octanol–water partition coefficient (Wildman–Crippen LogP) is 4.50. The van der Waals surface area contributed by atoms with E-state index in [0.29, 0.717) is 23.3 Å². The van der Waals surface area contributed by atoms with Crippen LogP contribution in [0.4, 0.5) is 0 Å². The first-order chi connectivity index (χ1) is 16.7. The van der Waals surface area contributed by atoms with E-state index in [9.17, 15) is 9.59 Å². The van der Waals surface area contributed by atoms with Crippen LogP contribution in [0, 0.1) is 22.2 Å². The first-order valence-corrected chi connectivity index (χ1v) is 14.6. The number of carbonyl (C=O) groups is 1. The van der Waals surface area contributed by atoms with Gasteiger partial charge in [-0.25, -0.2) is 4.98 Å². The van der Waals surface area contributed by atoms with Crippen molar-refractivity contribution in [3.63, 3.8) is 0 Å². The van der Waals surface area contributed by atoms with Crippen LogP contribution in [0.25, 0.3) is 10.2 Å². The van der Waals surface area contributed by atoms with Gasteiger partial charge in [-0.2, -0.15) is 0 Å². The minimum absolute atomic E-state index is 0.0296. The summed E-state index contributed by atoms with van der Waals surface area (Å²) >= 11 is 1.72. The lowest BCUT2D eigenvalue weighted by Gasteiger charge is -2.65. The predicted molar refractivity (Wildman–Crippen MR) is 139 cm³/mol. The van der Waals surface area contributed by atoms with E-state index < -0.39 is 0 Å². The molecule has 0 radical (unpaired) electrons. The average molecular weight is 495 g/mol. The van der Waals surface area contributed by atoms with E-state index in [1.807, 2.05) is 0 Å². The maximum atomic E-state index is 13.9. The molecular weight excluding hydrogens is 456 g/mol. The van der Waals surface area contributed by atoms with Crippen LogP contribution >= 0.6 is 11.3 Å². The number of nitrogens with zero attached hydrogens (tertiary/aromatic N) is 3. The molecule has 1 N–H and O–H groups in total. The van der Waals surface area contributed by atoms with Crippen LogP contribution in [0.1, 0.15) is 81.5 Å². The zero-order valence-corrected chi connectivity index (χ0v) is 22.1. The quantitative estimate of drug-likeness (QED) is 0.682. The molecule has 7 heteroatoms. The number of piperazine rings is 1. The van der Waals surface area contributed by atoms with Crippen molar-refractivity contribution < 1.29 is 4.79 Å². The molecule has 4 saturated carbocycles. The zero-order chi connectivity index (χ0) is 24.0. The zero-order valence-electron chi connectivity index (χ0n) is 21.3. The Morgan fingerprint density at radius 2 is 1.74 bits per heavy atom. The Labute approximate surface area is 211 Å². The molecule has 0 spiro atoms. The highest BCUT2D eigenvalue weighted by molar-refractivity contribution is 7.18. The normalized spacial score (nSPS) is 36.6. The van der Waals surface area contributed by atoms with Crippen LogP contribution in [-0.4, -0.2) is 51.9 Å². The number of thiophene rings is 1. The molecule has 2 aromatic rings. The van der Waals surface area contributed by atoms with Gasteiger partial charge in [0.2, 0.25) is 5.91 Å². The summed E-state index contributed by atoms with van der Waals surface area (Å²) in [7, 11) is 0. The summed E-state index contributed by atoms with van der Waals surface area (Å²) in [6, 6.07) is 0. The molecule has 3 heterocycles. The van der Waals surface area contributed by atoms with E-state index in [2.05, 4.69) is 28.6 Å². The molecule has 35 heavy (non-hydrogen) atoms. The molecule has 5 fully saturated rings. The van der Waals surface area contributed by atoms with E-state index in [0.717, 1.165) is 80.2 Å². The number of rotatable bonds is 3. The SMILES string of the molecule is CC12CC3CC(C)(C1)CC(C(=O)N1CCN(Cc4nc5sc6c(c5c(=O)[nH]4)CCCC6)CC1)(C3)C2. The highest BCUT2D eigenvalue weighted by Gasteiger charge is 2.63. The van der Waals surface area contributed by atoms with Gasteiger partial charge in [0.05, 0.1) is 17.3 Å². The third kappa shape index (κ3) is 3.63. The van der Waals surface area contributed by atoms with Gasteiger partial charge >= 0.3 is 0 Å². The van der Waals surface area contributed by atoms with Crippen molar-refractivity contribution in [3.8, 4) is 0 Å². The van der Waals surface area contributed by atoms with E-state index in [-0.39, 0.29) is 11.0 Å². The van der Waals surface area contributed by atoms with Crippen molar-refractivity contribution in [2.45, 2.75) is 84.6 Å². The smallest absolute Gasteiger partial charge is 0.259 e. The van der Waals surface area contributed by atoms with Gasteiger partial charge in [0, 0.05) is 31.1 Å². The number of hydrogen-bond donors (Lipinski definition) is 1. The first-order valence-electron chi connectivity index (χ1n) is 13.8. The Hall–Kier alpha value is -1.73. The molecule has 2 unspecified atom stereocenters. The number of aryl methyl sites for hydroxylation is 2. The molecule has 6 nitrogen and oxygen atoms in total. The molecule has 0 aromatic carbocycles. The number of aromatic nitrogens is 2. The topological polar surface area (TPSA) is 69.3 Å². The van der Waals surface area contributed by atoms with Gasteiger partial charge in [-0.3, -0.25) is 14.5 Å². The summed E-state index contributed by atoms with van der Waals surface area (Å²) in [4.78, 5) is 41.6. The molecule has 5 aliphatic carbocycles. The van der Waals surface area contributed by atoms with Gasteiger partial charge in [0.1, 0.15) is 10.7 Å². The van der Waals surface area contributed by atoms with Gasteiger partial charge in [0.25, 0.3) is 5.56 Å². The summed E-state index contributed by atoms with van der Waals surface area (Å²) in [6.07, 6.45) is 11.8. The number of nitrogens with one attached hydrogen (secondary N) is 1. The minimum Gasteiger partial charge on any atom is -0.340 e. The van der Waals surface area contributed by atoms with E-state index >= 15 is 0 Å². The number of H-pyrrole nitrogens is 1. The lowest BCUT2D eigenvalue weighted by Crippen LogP contribution is -2.62. The Morgan fingerprint density at radius 1 is 1.03 bits per heavy atom. The van der Waals surface area contributed by atoms with E-state index in [1.54, 1.807) is 11.3 Å². The number of amides is 1. The van der Waals surface area contributed by atoms with Gasteiger partial charge in [0.15, 0.2) is 0 Å². The second kappa shape index (κ2) is 7.64. The van der Waals surface area contributed by atoms with Crippen molar-refractivity contribution >= 4 is 27.5 Å². The fraction of sp³-hybridized carbons (Fsp3) is 0.750. The lowest BCUT2D eigenvalue weighted by atomic mass is 9.40. The largest absolute Gasteiger partial charge is 0.340 e. The maximum absolute atomic E-state index is 13.9. The van der Waals surface area contributed by atoms with Crippen molar-refractivity contribution in [2.75, 3.05) is 26.2 Å². The Kier molecular flexibility index (Phi) is 4.90. The second-order valence-corrected chi connectivity index (χ2v) is 14.5. The van der Waals surface area contributed by atoms with Crippen molar-refractivity contribution in [1.29, 1.82) is 0 Å². The molecule has 1 amide bonds. The van der Waals surface area contributed by atoms with Crippen LogP contribution in [0.15, 0.2) is 4.79 Å². The molecule has 4 bridgehead atoms. The number of hydrogen-bond acceptors (Lipinski definition) is 5. The molecule has 2 atom stereocenters. The van der Waals surface area contributed by atoms with Crippen LogP contribution < -0.4 is 5.56 Å². The highest BCUT2D eigenvalue weighted by atomic mass is 32.1. The van der Waals surface area contributed by atoms with E-state index in [4.69, 9.17) is 4.98 Å². The first kappa shape index (κ1) is 22.5. The third-order valence-corrected chi connectivity index (χ3v) is 11.2. The molecule has 1 saturated heterocycles. The molecule has 8 rings (SSSR count). The summed E-state index contributed by atoms with van der Waals surface area (Å²) in [6.45, 7) is 8.83. The maximum Gasteiger partial charge on any atom is 0.259 e. The van der Waals surface area contributed by atoms with E-state index in [1.165, 1.54) is 42.5 Å². The van der Waals surface area contributed by atoms with Gasteiger partial charge in [-0.05, 0) is 86.5 Å². The molecule has 1 aliphatic heterocycles. The van der Waals surface area contributed by atoms with Crippen molar-refractivity contribution in [3.05, 3.63) is 26.6 Å². The van der Waals surface area contributed by atoms with Crippen LogP contribution in [0.2, 0.25) is 0 Å². The van der Waals surface area contributed by atoms with Gasteiger partial charge in [-0.15, -0.1) is 11.3 Å². The average Bonchev–Trinajstić information content (AvgIpc) is 3.15. The van der Waals surface area contributed by atoms with Crippen LogP contribution in [0.5, 0.6) is 0 Å². The van der Waals surface area contributed by atoms with Crippen molar-refractivity contribution in [2.24, 2.45) is 22.2 Å². The lowest BCUT2D eigenvalue weighted by molar-refractivity contribution is -0.180. The molecule has 188 valence electrons. The Bertz CT molecular complexity index is 1240. The Morgan fingerprint density at radius 3 is 2.46 bits per heavy atom. The standard InChI is InChI=1S/C28H38N4O2S/c1-26-11-18-12-27(2,15-26)17-28(13-18,16-26)25(34)32-9-7-31(8-10-32)14-21-29-23(33)22-19-5-3-4-6-20(19)35-24(22)30-21/h18H,3-17H2,1-2H3,(H,29,30,33). The summed E-state index contributed by atoms with van der Waals surface area (Å²) in [5, 5.41) is 0.835. The second-order valence-electron chi connectivity index (χ2n) is 13.4. The van der Waals surface area contributed by atoms with Crippen LogP contribution in [0.3, 0.4) is 0 Å². The van der Waals surface area contributed by atoms with Gasteiger partial charge in [-0.1, -0.05) is 13.8 Å². The number of carbonyl (C=O) groups excluding carboxylic acids is 1. The van der Waals surface area contributed by atoms with Crippen molar-refractivity contribution in [1.82, 2.24) is 19.8 Å². The number of aromatic amines is 1. The monoisotopic (exact) mass is 494 g/mol. The minimum atomic E-state index is -0.110. The summed E-state index contributed by atoms with van der Waals surface area (Å²) in [5.41, 5.74) is 1.89. The summed E-state index contributed by atoms with van der Waals surface area (Å²) in [5.74, 6) is 1.95. The fourth-order valence-electron chi connectivity index (χ4n) is 9.63. The highest BCUT2D eigenvalue weighted by Crippen LogP contribution is 2.69. The molecular formula is C28H38N4O2S. The van der Waals surface area contributed by atoms with Crippen LogP contribution in [-0.2, 0) is 24.2 Å². The molecule has 2 aromatic heterocycles. The molecule has 6 aliphatic rings. The fourth-order valence-corrected chi connectivity index (χ4v) is 10.9. The van der Waals surface area contributed by atoms with Gasteiger partial charge < -0.3 is 9.88 Å². The Balaban J connectivity index is 1.04. The number of fused-ring (bicyclic) bond motifs is 3.